The lowest BCUT2D eigenvalue weighted by atomic mass is 10.1. The minimum Gasteiger partial charge on any atom is -0.497 e. The molecule has 22 heavy (non-hydrogen) atoms. The summed E-state index contributed by atoms with van der Waals surface area (Å²) in [7, 11) is 1.66. The van der Waals surface area contributed by atoms with Gasteiger partial charge < -0.3 is 4.74 Å². The van der Waals surface area contributed by atoms with Crippen LogP contribution < -0.4 is 10.2 Å². The Morgan fingerprint density at radius 3 is 2.77 bits per heavy atom. The molecule has 3 aromatic rings. The van der Waals surface area contributed by atoms with Crippen LogP contribution in [0.1, 0.15) is 16.0 Å². The van der Waals surface area contributed by atoms with Crippen molar-refractivity contribution in [2.75, 3.05) is 12.5 Å². The first-order valence-corrected chi connectivity index (χ1v) is 7.84. The Morgan fingerprint density at radius 2 is 2.05 bits per heavy atom. The van der Waals surface area contributed by atoms with Gasteiger partial charge >= 0.3 is 0 Å². The highest BCUT2D eigenvalue weighted by Gasteiger charge is 2.04. The first-order chi connectivity index (χ1) is 10.7. The molecule has 2 aromatic heterocycles. The lowest BCUT2D eigenvalue weighted by Gasteiger charge is -2.07. The number of nitrogens with one attached hydrogen (secondary N) is 1. The third-order valence-corrected chi connectivity index (χ3v) is 4.44. The number of pyridine rings is 1. The second-order valence-electron chi connectivity index (χ2n) is 5.05. The van der Waals surface area contributed by atoms with Crippen LogP contribution in [0.25, 0.3) is 10.9 Å². The SMILES string of the molecule is COc1ccc2c(C)cc(N/N=C/c3sccc3C)nc2c1. The molecule has 0 atom stereocenters. The Labute approximate surface area is 133 Å². The van der Waals surface area contributed by atoms with Gasteiger partial charge in [0.25, 0.3) is 0 Å². The van der Waals surface area contributed by atoms with E-state index in [1.807, 2.05) is 30.5 Å². The molecule has 0 radical (unpaired) electrons. The highest BCUT2D eigenvalue weighted by Crippen LogP contribution is 2.24. The smallest absolute Gasteiger partial charge is 0.147 e. The van der Waals surface area contributed by atoms with Crippen molar-refractivity contribution in [2.45, 2.75) is 13.8 Å². The molecule has 1 N–H and O–H groups in total. The number of hydrogen-bond donors (Lipinski definition) is 1. The molecule has 0 unspecified atom stereocenters. The molecule has 2 heterocycles. The van der Waals surface area contributed by atoms with Crippen LogP contribution in [-0.2, 0) is 0 Å². The first-order valence-electron chi connectivity index (χ1n) is 6.96. The van der Waals surface area contributed by atoms with E-state index in [9.17, 15) is 0 Å². The molecule has 3 rings (SSSR count). The zero-order chi connectivity index (χ0) is 15.5. The number of ether oxygens (including phenoxy) is 1. The average Bonchev–Trinajstić information content (AvgIpc) is 2.92. The summed E-state index contributed by atoms with van der Waals surface area (Å²) >= 11 is 1.67. The van der Waals surface area contributed by atoms with Gasteiger partial charge in [0.05, 0.1) is 18.8 Å². The Balaban J connectivity index is 1.87. The Hall–Kier alpha value is -2.40. The largest absolute Gasteiger partial charge is 0.497 e. The van der Waals surface area contributed by atoms with Gasteiger partial charge in [-0.05, 0) is 54.6 Å². The third kappa shape index (κ3) is 2.94. The van der Waals surface area contributed by atoms with Gasteiger partial charge in [-0.1, -0.05) is 0 Å². The van der Waals surface area contributed by atoms with E-state index in [-0.39, 0.29) is 0 Å². The number of thiophene rings is 1. The number of aryl methyl sites for hydroxylation is 2. The minimum absolute atomic E-state index is 0.726. The van der Waals surface area contributed by atoms with E-state index in [1.165, 1.54) is 5.56 Å². The van der Waals surface area contributed by atoms with E-state index in [1.54, 1.807) is 18.4 Å². The molecule has 0 saturated carbocycles. The summed E-state index contributed by atoms with van der Waals surface area (Å²) in [6, 6.07) is 9.98. The number of rotatable bonds is 4. The molecule has 0 fully saturated rings. The van der Waals surface area contributed by atoms with Crippen LogP contribution in [0, 0.1) is 13.8 Å². The fourth-order valence-corrected chi connectivity index (χ4v) is 3.03. The molecule has 0 saturated heterocycles. The van der Waals surface area contributed by atoms with Gasteiger partial charge in [-0.25, -0.2) is 4.98 Å². The molecule has 112 valence electrons. The van der Waals surface area contributed by atoms with E-state index in [4.69, 9.17) is 4.74 Å². The molecule has 0 aliphatic heterocycles. The number of hydrogen-bond acceptors (Lipinski definition) is 5. The van der Waals surface area contributed by atoms with Crippen LogP contribution >= 0.6 is 11.3 Å². The molecule has 0 amide bonds. The zero-order valence-corrected chi connectivity index (χ0v) is 13.6. The summed E-state index contributed by atoms with van der Waals surface area (Å²) in [6.45, 7) is 4.14. The van der Waals surface area contributed by atoms with E-state index < -0.39 is 0 Å². The number of hydrazone groups is 1. The Bertz CT molecular complexity index is 839. The normalized spacial score (nSPS) is 11.2. The monoisotopic (exact) mass is 311 g/mol. The summed E-state index contributed by atoms with van der Waals surface area (Å²) < 4.78 is 5.26. The fourth-order valence-electron chi connectivity index (χ4n) is 2.24. The minimum atomic E-state index is 0.726. The van der Waals surface area contributed by atoms with Gasteiger partial charge in [-0.2, -0.15) is 5.10 Å². The number of benzene rings is 1. The van der Waals surface area contributed by atoms with Crippen LogP contribution in [0.5, 0.6) is 5.75 Å². The summed E-state index contributed by atoms with van der Waals surface area (Å²) in [4.78, 5) is 5.73. The maximum Gasteiger partial charge on any atom is 0.147 e. The Kier molecular flexibility index (Phi) is 4.06. The molecule has 0 aliphatic carbocycles. The molecule has 5 heteroatoms. The molecule has 0 bridgehead atoms. The van der Waals surface area contributed by atoms with Crippen molar-refractivity contribution in [1.82, 2.24) is 4.98 Å². The van der Waals surface area contributed by atoms with E-state index in [0.29, 0.717) is 0 Å². The second-order valence-corrected chi connectivity index (χ2v) is 5.99. The number of nitrogens with zero attached hydrogens (tertiary/aromatic N) is 2. The van der Waals surface area contributed by atoms with Crippen molar-refractivity contribution >= 4 is 34.3 Å². The first kappa shape index (κ1) is 14.5. The van der Waals surface area contributed by atoms with Crippen LogP contribution in [0.4, 0.5) is 5.82 Å². The average molecular weight is 311 g/mol. The standard InChI is InChI=1S/C17H17N3OS/c1-11-6-7-22-16(11)10-18-20-17-8-12(2)14-5-4-13(21-3)9-15(14)19-17/h4-10H,1-3H3,(H,19,20)/b18-10+. The van der Waals surface area contributed by atoms with E-state index in [0.717, 1.165) is 32.9 Å². The maximum atomic E-state index is 5.26. The van der Waals surface area contributed by atoms with Crippen molar-refractivity contribution in [3.05, 3.63) is 51.7 Å². The van der Waals surface area contributed by atoms with Crippen LogP contribution in [0.3, 0.4) is 0 Å². The number of aromatic nitrogens is 1. The lowest BCUT2D eigenvalue weighted by molar-refractivity contribution is 0.415. The van der Waals surface area contributed by atoms with Gasteiger partial charge in [-0.3, -0.25) is 5.43 Å². The molecule has 0 aliphatic rings. The number of anilines is 1. The van der Waals surface area contributed by atoms with Crippen molar-refractivity contribution in [3.63, 3.8) is 0 Å². The molecule has 4 nitrogen and oxygen atoms in total. The van der Waals surface area contributed by atoms with Crippen molar-refractivity contribution in [1.29, 1.82) is 0 Å². The van der Waals surface area contributed by atoms with Crippen LogP contribution in [-0.4, -0.2) is 18.3 Å². The van der Waals surface area contributed by atoms with Gasteiger partial charge in [-0.15, -0.1) is 11.3 Å². The van der Waals surface area contributed by atoms with Gasteiger partial charge in [0.2, 0.25) is 0 Å². The summed E-state index contributed by atoms with van der Waals surface area (Å²) in [5.74, 6) is 1.53. The number of fused-ring (bicyclic) bond motifs is 1. The summed E-state index contributed by atoms with van der Waals surface area (Å²) in [5.41, 5.74) is 6.27. The lowest BCUT2D eigenvalue weighted by Crippen LogP contribution is -1.95. The van der Waals surface area contributed by atoms with Crippen molar-refractivity contribution in [3.8, 4) is 5.75 Å². The Morgan fingerprint density at radius 1 is 1.18 bits per heavy atom. The predicted molar refractivity (Wildman–Crippen MR) is 93.3 cm³/mol. The maximum absolute atomic E-state index is 5.26. The molecular formula is C17H17N3OS. The quantitative estimate of drug-likeness (QED) is 0.575. The van der Waals surface area contributed by atoms with Gasteiger partial charge in [0.1, 0.15) is 11.6 Å². The highest BCUT2D eigenvalue weighted by molar-refractivity contribution is 7.11. The van der Waals surface area contributed by atoms with Gasteiger partial charge in [0.15, 0.2) is 0 Å². The van der Waals surface area contributed by atoms with Crippen LogP contribution in [0.15, 0.2) is 40.8 Å². The molecule has 1 aromatic carbocycles. The third-order valence-electron chi connectivity index (χ3n) is 3.49. The van der Waals surface area contributed by atoms with Crippen molar-refractivity contribution in [2.24, 2.45) is 5.10 Å². The van der Waals surface area contributed by atoms with Crippen molar-refractivity contribution < 1.29 is 4.74 Å². The highest BCUT2D eigenvalue weighted by atomic mass is 32.1. The molecule has 0 spiro atoms. The predicted octanol–water partition coefficient (Wildman–Crippen LogP) is 4.37. The van der Waals surface area contributed by atoms with Crippen LogP contribution in [0.2, 0.25) is 0 Å². The second kappa shape index (κ2) is 6.15. The topological polar surface area (TPSA) is 46.5 Å². The summed E-state index contributed by atoms with van der Waals surface area (Å²) in [5, 5.41) is 7.45. The van der Waals surface area contributed by atoms with E-state index in [2.05, 4.69) is 40.8 Å². The summed E-state index contributed by atoms with van der Waals surface area (Å²) in [6.07, 6.45) is 1.83. The molecular weight excluding hydrogens is 294 g/mol. The zero-order valence-electron chi connectivity index (χ0n) is 12.8. The van der Waals surface area contributed by atoms with Gasteiger partial charge in [0, 0.05) is 16.3 Å². The van der Waals surface area contributed by atoms with E-state index >= 15 is 0 Å². The fraction of sp³-hybridized carbons (Fsp3) is 0.176. The number of methoxy groups -OCH3 is 1.